The van der Waals surface area contributed by atoms with Crippen molar-refractivity contribution in [1.82, 2.24) is 14.6 Å². The summed E-state index contributed by atoms with van der Waals surface area (Å²) in [6, 6.07) is 7.96. The summed E-state index contributed by atoms with van der Waals surface area (Å²) in [4.78, 5) is 16.2. The number of rotatable bonds is 6. The molecule has 3 aromatic rings. The molecule has 10 heteroatoms. The van der Waals surface area contributed by atoms with Crippen LogP contribution in [0.4, 0.5) is 0 Å². The number of aromatic nitrogens is 3. The van der Waals surface area contributed by atoms with Crippen molar-refractivity contribution in [3.63, 3.8) is 0 Å². The second-order valence-corrected chi connectivity index (χ2v) is 8.55. The third kappa shape index (κ3) is 3.45. The molecule has 1 aromatic carbocycles. The molecule has 148 valence electrons. The van der Waals surface area contributed by atoms with Crippen LogP contribution in [-0.2, 0) is 25.8 Å². The summed E-state index contributed by atoms with van der Waals surface area (Å²) < 4.78 is 32.4. The van der Waals surface area contributed by atoms with E-state index in [-0.39, 0.29) is 44.9 Å². The topological polar surface area (TPSA) is 111 Å². The molecular weight excluding hydrogens is 402 g/mol. The lowest BCUT2D eigenvalue weighted by atomic mass is 10.1. The Hall–Kier alpha value is -2.59. The number of carbonyl (C=O) groups excluding carboxylic acids is 1. The molecule has 3 rings (SSSR count). The largest absolute Gasteiger partial charge is 0.493 e. The maximum Gasteiger partial charge on any atom is 0.310 e. The third-order valence-corrected chi connectivity index (χ3v) is 6.72. The van der Waals surface area contributed by atoms with Gasteiger partial charge in [0.15, 0.2) is 10.5 Å². The normalized spacial score (nSPS) is 11.7. The van der Waals surface area contributed by atoms with Gasteiger partial charge in [-0.3, -0.25) is 4.79 Å². The monoisotopic (exact) mass is 421 g/mol. The van der Waals surface area contributed by atoms with Crippen molar-refractivity contribution in [3.8, 4) is 5.88 Å². The minimum absolute atomic E-state index is 0.0100. The maximum atomic E-state index is 13.2. The van der Waals surface area contributed by atoms with E-state index >= 15 is 0 Å². The summed E-state index contributed by atoms with van der Waals surface area (Å²) in [5.74, 6) is -0.850. The van der Waals surface area contributed by atoms with Crippen LogP contribution < -0.4 is 0 Å². The molecule has 0 bridgehead atoms. The van der Waals surface area contributed by atoms with Gasteiger partial charge in [-0.25, -0.2) is 13.4 Å². The van der Waals surface area contributed by atoms with Crippen molar-refractivity contribution in [3.05, 3.63) is 41.6 Å². The fourth-order valence-corrected chi connectivity index (χ4v) is 5.20. The van der Waals surface area contributed by atoms with Crippen molar-refractivity contribution in [1.29, 1.82) is 0 Å². The predicted octanol–water partition coefficient (Wildman–Crippen LogP) is 2.40. The fraction of sp³-hybridized carbons (Fsp3) is 0.278. The second-order valence-electron chi connectivity index (χ2n) is 5.87. The molecule has 1 N–H and O–H groups in total. The van der Waals surface area contributed by atoms with Crippen molar-refractivity contribution in [2.24, 2.45) is 0 Å². The lowest BCUT2D eigenvalue weighted by molar-refractivity contribution is -0.142. The Bertz CT molecular complexity index is 1140. The van der Waals surface area contributed by atoms with Gasteiger partial charge in [0.25, 0.3) is 0 Å². The minimum atomic E-state index is -3.91. The molecule has 8 nitrogen and oxygen atoms in total. The molecule has 0 aliphatic heterocycles. The van der Waals surface area contributed by atoms with E-state index in [2.05, 4.69) is 10.1 Å². The number of aromatic hydroxyl groups is 1. The molecule has 0 amide bonds. The van der Waals surface area contributed by atoms with Crippen LogP contribution >= 0.6 is 11.8 Å². The van der Waals surface area contributed by atoms with Gasteiger partial charge in [-0.1, -0.05) is 18.2 Å². The van der Waals surface area contributed by atoms with Gasteiger partial charge in [0, 0.05) is 11.3 Å². The first kappa shape index (κ1) is 20.2. The highest BCUT2D eigenvalue weighted by atomic mass is 32.2. The van der Waals surface area contributed by atoms with Gasteiger partial charge < -0.3 is 9.84 Å². The number of thioether (sulfide) groups is 1. The Kier molecular flexibility index (Phi) is 5.61. The van der Waals surface area contributed by atoms with Crippen LogP contribution in [0.1, 0.15) is 18.2 Å². The van der Waals surface area contributed by atoms with Gasteiger partial charge in [-0.15, -0.1) is 11.8 Å². The Morgan fingerprint density at radius 2 is 1.96 bits per heavy atom. The molecule has 0 aliphatic rings. The minimum Gasteiger partial charge on any atom is -0.493 e. The van der Waals surface area contributed by atoms with E-state index in [9.17, 15) is 18.3 Å². The first-order valence-electron chi connectivity index (χ1n) is 8.42. The summed E-state index contributed by atoms with van der Waals surface area (Å²) in [6.45, 7) is 3.50. The lowest BCUT2D eigenvalue weighted by Gasteiger charge is -2.10. The van der Waals surface area contributed by atoms with Crippen molar-refractivity contribution < 1.29 is 23.1 Å². The average molecular weight is 422 g/mol. The van der Waals surface area contributed by atoms with Crippen molar-refractivity contribution in [2.45, 2.75) is 35.1 Å². The maximum absolute atomic E-state index is 13.2. The summed E-state index contributed by atoms with van der Waals surface area (Å²) in [5.41, 5.74) is 0.579. The summed E-state index contributed by atoms with van der Waals surface area (Å²) in [7, 11) is -3.91. The molecule has 2 heterocycles. The lowest BCUT2D eigenvalue weighted by Crippen LogP contribution is -2.11. The quantitative estimate of drug-likeness (QED) is 0.477. The molecule has 0 saturated carbocycles. The third-order valence-electron chi connectivity index (χ3n) is 4.11. The van der Waals surface area contributed by atoms with Gasteiger partial charge in [-0.2, -0.15) is 9.61 Å². The fourth-order valence-electron chi connectivity index (χ4n) is 2.79. The van der Waals surface area contributed by atoms with Gasteiger partial charge in [-0.05, 0) is 32.2 Å². The number of hydrogen-bond acceptors (Lipinski definition) is 8. The van der Waals surface area contributed by atoms with Crippen LogP contribution in [0.25, 0.3) is 5.65 Å². The highest BCUT2D eigenvalue weighted by molar-refractivity contribution is 7.99. The van der Waals surface area contributed by atoms with Crippen LogP contribution in [0.15, 0.2) is 45.1 Å². The van der Waals surface area contributed by atoms with E-state index in [4.69, 9.17) is 4.74 Å². The zero-order chi connectivity index (χ0) is 20.5. The van der Waals surface area contributed by atoms with Crippen LogP contribution in [0, 0.1) is 6.92 Å². The number of carbonyl (C=O) groups is 1. The van der Waals surface area contributed by atoms with E-state index in [1.165, 1.54) is 12.1 Å². The molecule has 0 aliphatic carbocycles. The molecule has 2 aromatic heterocycles. The van der Waals surface area contributed by atoms with E-state index in [1.807, 2.05) is 0 Å². The number of hydrogen-bond donors (Lipinski definition) is 1. The van der Waals surface area contributed by atoms with Crippen LogP contribution in [0.5, 0.6) is 5.88 Å². The molecule has 0 fully saturated rings. The highest BCUT2D eigenvalue weighted by Crippen LogP contribution is 2.35. The zero-order valence-corrected chi connectivity index (χ0v) is 17.2. The van der Waals surface area contributed by atoms with E-state index in [0.717, 1.165) is 16.3 Å². The molecule has 0 unspecified atom stereocenters. The summed E-state index contributed by atoms with van der Waals surface area (Å²) >= 11 is 1.13. The van der Waals surface area contributed by atoms with Gasteiger partial charge in [0.05, 0.1) is 17.9 Å². The van der Waals surface area contributed by atoms with Crippen LogP contribution in [0.3, 0.4) is 0 Å². The number of benzene rings is 1. The number of aryl methyl sites for hydroxylation is 1. The average Bonchev–Trinajstić information content (AvgIpc) is 3.05. The Morgan fingerprint density at radius 3 is 2.57 bits per heavy atom. The molecule has 0 atom stereocenters. The standard InChI is InChI=1S/C18H19N3O5S2/c1-4-26-14(22)10-13-11(2)19-16-15(17(27-3)20-21(16)18(13)23)28(24,25)12-8-6-5-7-9-12/h5-9,23H,4,10H2,1-3H3. The summed E-state index contributed by atoms with van der Waals surface area (Å²) in [5, 5.41) is 15.1. The molecule has 0 saturated heterocycles. The molecular formula is C18H19N3O5S2. The number of nitrogens with zero attached hydrogens (tertiary/aromatic N) is 3. The molecule has 0 spiro atoms. The Labute approximate surface area is 166 Å². The van der Waals surface area contributed by atoms with Gasteiger partial charge >= 0.3 is 5.97 Å². The van der Waals surface area contributed by atoms with E-state index < -0.39 is 15.8 Å². The van der Waals surface area contributed by atoms with Crippen molar-refractivity contribution >= 4 is 33.2 Å². The number of fused-ring (bicyclic) bond motifs is 1. The number of esters is 1. The van der Waals surface area contributed by atoms with Gasteiger partial charge in [0.2, 0.25) is 15.7 Å². The molecule has 28 heavy (non-hydrogen) atoms. The first-order chi connectivity index (χ1) is 13.3. The summed E-state index contributed by atoms with van der Waals surface area (Å²) in [6.07, 6.45) is 1.50. The zero-order valence-electron chi connectivity index (χ0n) is 15.5. The Morgan fingerprint density at radius 1 is 1.29 bits per heavy atom. The first-order valence-corrected chi connectivity index (χ1v) is 11.1. The van der Waals surface area contributed by atoms with Crippen LogP contribution in [-0.4, -0.2) is 47.0 Å². The van der Waals surface area contributed by atoms with E-state index in [1.54, 1.807) is 38.3 Å². The highest BCUT2D eigenvalue weighted by Gasteiger charge is 2.30. The Balaban J connectivity index is 2.25. The smallest absolute Gasteiger partial charge is 0.310 e. The SMILES string of the molecule is CCOC(=O)Cc1c(C)nc2c(S(=O)(=O)c3ccccc3)c(SC)nn2c1O. The van der Waals surface area contributed by atoms with E-state index in [0.29, 0.717) is 5.69 Å². The van der Waals surface area contributed by atoms with Crippen LogP contribution in [0.2, 0.25) is 0 Å². The molecule has 0 radical (unpaired) electrons. The van der Waals surface area contributed by atoms with Crippen molar-refractivity contribution in [2.75, 3.05) is 12.9 Å². The second kappa shape index (κ2) is 7.80. The van der Waals surface area contributed by atoms with Gasteiger partial charge in [0.1, 0.15) is 5.03 Å². The predicted molar refractivity (Wildman–Crippen MR) is 103 cm³/mol. The number of ether oxygens (including phenoxy) is 1. The number of sulfone groups is 1.